The van der Waals surface area contributed by atoms with Crippen LogP contribution in [0.3, 0.4) is 0 Å². The Morgan fingerprint density at radius 1 is 1.17 bits per heavy atom. The highest BCUT2D eigenvalue weighted by atomic mass is 32.1. The van der Waals surface area contributed by atoms with Gasteiger partial charge in [0.2, 0.25) is 11.7 Å². The van der Waals surface area contributed by atoms with Crippen LogP contribution in [0.1, 0.15) is 22.7 Å². The zero-order valence-corrected chi connectivity index (χ0v) is 16.2. The van der Waals surface area contributed by atoms with Crippen molar-refractivity contribution < 1.29 is 28.4 Å². The molecule has 3 rings (SSSR count). The van der Waals surface area contributed by atoms with Gasteiger partial charge in [-0.1, -0.05) is 5.16 Å². The summed E-state index contributed by atoms with van der Waals surface area (Å²) < 4.78 is 15.0. The van der Waals surface area contributed by atoms with Gasteiger partial charge in [-0.15, -0.1) is 0 Å². The van der Waals surface area contributed by atoms with Crippen molar-refractivity contribution in [3.63, 3.8) is 0 Å². The summed E-state index contributed by atoms with van der Waals surface area (Å²) in [6, 6.07) is 8.09. The van der Waals surface area contributed by atoms with Crippen molar-refractivity contribution in [3.8, 4) is 17.1 Å². The summed E-state index contributed by atoms with van der Waals surface area (Å²) in [6.45, 7) is -0.565. The third-order valence-corrected chi connectivity index (χ3v) is 4.44. The van der Waals surface area contributed by atoms with Crippen LogP contribution in [0.4, 0.5) is 0 Å². The van der Waals surface area contributed by atoms with E-state index >= 15 is 0 Å². The van der Waals surface area contributed by atoms with Crippen molar-refractivity contribution in [1.82, 2.24) is 15.5 Å². The maximum Gasteiger partial charge on any atom is 0.306 e. The maximum absolute atomic E-state index is 12.0. The Hall–Kier alpha value is -3.53. The lowest BCUT2D eigenvalue weighted by Gasteiger charge is -2.06. The molecule has 0 atom stereocenters. The topological polar surface area (TPSA) is 121 Å². The Bertz CT molecular complexity index is 982. The van der Waals surface area contributed by atoms with Crippen LogP contribution in [0.2, 0.25) is 0 Å². The van der Waals surface area contributed by atoms with Gasteiger partial charge in [-0.2, -0.15) is 16.3 Å². The SMILES string of the molecule is COc1ccc(C(=O)NC(=O)COC(=O)CCc2nc(-c3ccsc3)no2)cc1. The molecule has 3 aromatic rings. The van der Waals surface area contributed by atoms with E-state index < -0.39 is 24.4 Å². The molecule has 10 heteroatoms. The quantitative estimate of drug-likeness (QED) is 0.556. The highest BCUT2D eigenvalue weighted by Crippen LogP contribution is 2.19. The fourth-order valence-electron chi connectivity index (χ4n) is 2.27. The molecule has 1 N–H and O–H groups in total. The molecule has 2 amide bonds. The second kappa shape index (κ2) is 9.60. The predicted octanol–water partition coefficient (Wildman–Crippen LogP) is 2.24. The average molecular weight is 415 g/mol. The van der Waals surface area contributed by atoms with Crippen molar-refractivity contribution in [2.24, 2.45) is 0 Å². The fraction of sp³-hybridized carbons (Fsp3) is 0.211. The molecule has 2 aromatic heterocycles. The van der Waals surface area contributed by atoms with Crippen LogP contribution >= 0.6 is 11.3 Å². The summed E-state index contributed by atoms with van der Waals surface area (Å²) in [5.74, 6) is -0.608. The molecule has 29 heavy (non-hydrogen) atoms. The molecule has 0 aliphatic carbocycles. The summed E-state index contributed by atoms with van der Waals surface area (Å²) in [4.78, 5) is 39.7. The Labute approximate surface area is 169 Å². The van der Waals surface area contributed by atoms with Gasteiger partial charge in [0, 0.05) is 22.9 Å². The standard InChI is InChI=1S/C19H17N3O6S/c1-26-14-4-2-12(3-5-14)19(25)20-15(23)10-27-17(24)7-6-16-21-18(22-28-16)13-8-9-29-11-13/h2-5,8-9,11H,6-7,10H2,1H3,(H,20,23,25). The molecule has 0 unspecified atom stereocenters. The van der Waals surface area contributed by atoms with E-state index in [2.05, 4.69) is 15.5 Å². The van der Waals surface area contributed by atoms with E-state index in [9.17, 15) is 14.4 Å². The Balaban J connectivity index is 1.39. The molecule has 0 spiro atoms. The molecule has 0 aliphatic rings. The first-order valence-corrected chi connectivity index (χ1v) is 9.48. The van der Waals surface area contributed by atoms with Gasteiger partial charge in [-0.05, 0) is 35.7 Å². The van der Waals surface area contributed by atoms with E-state index in [-0.39, 0.29) is 18.4 Å². The Kier molecular flexibility index (Phi) is 6.69. The van der Waals surface area contributed by atoms with Gasteiger partial charge in [-0.25, -0.2) is 0 Å². The van der Waals surface area contributed by atoms with Crippen molar-refractivity contribution in [3.05, 3.63) is 52.5 Å². The van der Waals surface area contributed by atoms with Crippen LogP contribution in [-0.4, -0.2) is 41.6 Å². The van der Waals surface area contributed by atoms with E-state index in [4.69, 9.17) is 14.0 Å². The highest BCUT2D eigenvalue weighted by molar-refractivity contribution is 7.08. The lowest BCUT2D eigenvalue weighted by molar-refractivity contribution is -0.148. The number of thiophene rings is 1. The lowest BCUT2D eigenvalue weighted by atomic mass is 10.2. The molecular formula is C19H17N3O6S. The zero-order valence-electron chi connectivity index (χ0n) is 15.4. The minimum atomic E-state index is -0.725. The molecule has 1 aromatic carbocycles. The van der Waals surface area contributed by atoms with Gasteiger partial charge in [0.25, 0.3) is 11.8 Å². The summed E-state index contributed by atoms with van der Waals surface area (Å²) in [5, 5.41) is 9.77. The van der Waals surface area contributed by atoms with E-state index in [0.717, 1.165) is 5.56 Å². The molecule has 0 radical (unpaired) electrons. The van der Waals surface area contributed by atoms with Crippen LogP contribution in [0.5, 0.6) is 5.75 Å². The van der Waals surface area contributed by atoms with E-state index in [1.54, 1.807) is 12.1 Å². The predicted molar refractivity (Wildman–Crippen MR) is 102 cm³/mol. The first-order chi connectivity index (χ1) is 14.0. The molecule has 0 fully saturated rings. The number of hydrogen-bond donors (Lipinski definition) is 1. The van der Waals surface area contributed by atoms with Crippen LogP contribution in [0.25, 0.3) is 11.4 Å². The number of nitrogens with zero attached hydrogens (tertiary/aromatic N) is 2. The molecule has 0 aliphatic heterocycles. The fourth-order valence-corrected chi connectivity index (χ4v) is 2.90. The summed E-state index contributed by atoms with van der Waals surface area (Å²) in [6.07, 6.45) is 0.146. The summed E-state index contributed by atoms with van der Waals surface area (Å²) in [7, 11) is 1.51. The monoisotopic (exact) mass is 415 g/mol. The number of imide groups is 1. The largest absolute Gasteiger partial charge is 0.497 e. The minimum Gasteiger partial charge on any atom is -0.497 e. The van der Waals surface area contributed by atoms with E-state index in [0.29, 0.717) is 17.5 Å². The van der Waals surface area contributed by atoms with Gasteiger partial charge in [-0.3, -0.25) is 19.7 Å². The van der Waals surface area contributed by atoms with E-state index in [1.807, 2.05) is 16.8 Å². The molecule has 0 bridgehead atoms. The first kappa shape index (κ1) is 20.2. The number of aryl methyl sites for hydroxylation is 1. The van der Waals surface area contributed by atoms with Crippen molar-refractivity contribution in [1.29, 1.82) is 0 Å². The molecule has 150 valence electrons. The first-order valence-electron chi connectivity index (χ1n) is 8.54. The number of hydrogen-bond acceptors (Lipinski definition) is 9. The number of aromatic nitrogens is 2. The third-order valence-electron chi connectivity index (χ3n) is 3.76. The second-order valence-corrected chi connectivity index (χ2v) is 6.57. The molecular weight excluding hydrogens is 398 g/mol. The van der Waals surface area contributed by atoms with Crippen LogP contribution in [-0.2, 0) is 20.7 Å². The zero-order chi connectivity index (χ0) is 20.6. The van der Waals surface area contributed by atoms with E-state index in [1.165, 1.54) is 30.6 Å². The Morgan fingerprint density at radius 2 is 1.97 bits per heavy atom. The number of benzene rings is 1. The lowest BCUT2D eigenvalue weighted by Crippen LogP contribution is -2.34. The molecule has 9 nitrogen and oxygen atoms in total. The molecule has 2 heterocycles. The van der Waals surface area contributed by atoms with Crippen molar-refractivity contribution in [2.45, 2.75) is 12.8 Å². The molecule has 0 saturated heterocycles. The maximum atomic E-state index is 12.0. The van der Waals surface area contributed by atoms with Gasteiger partial charge in [0.1, 0.15) is 5.75 Å². The number of carbonyl (C=O) groups is 3. The van der Waals surface area contributed by atoms with Crippen LogP contribution in [0, 0.1) is 0 Å². The number of rotatable bonds is 8. The number of methoxy groups -OCH3 is 1. The third kappa shape index (κ3) is 5.72. The van der Waals surface area contributed by atoms with Crippen LogP contribution < -0.4 is 10.1 Å². The number of carbonyl (C=O) groups excluding carboxylic acids is 3. The molecule has 0 saturated carbocycles. The van der Waals surface area contributed by atoms with Crippen molar-refractivity contribution in [2.75, 3.05) is 13.7 Å². The number of esters is 1. The Morgan fingerprint density at radius 3 is 2.66 bits per heavy atom. The smallest absolute Gasteiger partial charge is 0.306 e. The number of ether oxygens (including phenoxy) is 2. The highest BCUT2D eigenvalue weighted by Gasteiger charge is 2.15. The van der Waals surface area contributed by atoms with Gasteiger partial charge in [0.15, 0.2) is 6.61 Å². The van der Waals surface area contributed by atoms with Crippen LogP contribution in [0.15, 0.2) is 45.6 Å². The minimum absolute atomic E-state index is 0.0367. The number of nitrogens with one attached hydrogen (secondary N) is 1. The normalized spacial score (nSPS) is 10.4. The van der Waals surface area contributed by atoms with Gasteiger partial charge in [0.05, 0.1) is 13.5 Å². The van der Waals surface area contributed by atoms with Gasteiger partial charge < -0.3 is 14.0 Å². The van der Waals surface area contributed by atoms with Crippen molar-refractivity contribution >= 4 is 29.1 Å². The summed E-state index contributed by atoms with van der Waals surface area (Å²) >= 11 is 1.51. The number of amides is 2. The average Bonchev–Trinajstić information content (AvgIpc) is 3.42. The second-order valence-electron chi connectivity index (χ2n) is 5.79. The van der Waals surface area contributed by atoms with Gasteiger partial charge >= 0.3 is 5.97 Å². The summed E-state index contributed by atoms with van der Waals surface area (Å²) in [5.41, 5.74) is 1.12.